The number of piperazine rings is 1. The lowest BCUT2D eigenvalue weighted by Crippen LogP contribution is -2.48. The maximum Gasteiger partial charge on any atom is 0.277 e. The molecular formula is C21H27FN4O3. The van der Waals surface area contributed by atoms with Gasteiger partial charge in [0.25, 0.3) is 5.91 Å². The van der Waals surface area contributed by atoms with Crippen LogP contribution in [0.15, 0.2) is 47.6 Å². The van der Waals surface area contributed by atoms with Gasteiger partial charge in [0, 0.05) is 38.4 Å². The number of nitrogens with one attached hydrogen (secondary N) is 1. The summed E-state index contributed by atoms with van der Waals surface area (Å²) in [5.41, 5.74) is 0.527. The molecular weight excluding hydrogens is 375 g/mol. The van der Waals surface area contributed by atoms with E-state index in [0.29, 0.717) is 24.7 Å². The smallest absolute Gasteiger partial charge is 0.277 e. The van der Waals surface area contributed by atoms with Gasteiger partial charge in [0.1, 0.15) is 12.1 Å². The molecule has 3 rings (SSSR count). The zero-order valence-corrected chi connectivity index (χ0v) is 16.4. The summed E-state index contributed by atoms with van der Waals surface area (Å²) in [6.07, 6.45) is 4.37. The maximum absolute atomic E-state index is 13.2. The molecule has 0 bridgehead atoms. The number of aromatic nitrogens is 1. The first kappa shape index (κ1) is 21.2. The van der Waals surface area contributed by atoms with E-state index in [1.807, 2.05) is 6.08 Å². The predicted molar refractivity (Wildman–Crippen MR) is 108 cm³/mol. The van der Waals surface area contributed by atoms with E-state index in [1.165, 1.54) is 24.5 Å². The Morgan fingerprint density at radius 1 is 1.34 bits per heavy atom. The Balaban J connectivity index is 1.44. The number of carbonyl (C=O) groups excluding carboxylic acids is 1. The predicted octanol–water partition coefficient (Wildman–Crippen LogP) is 2.51. The molecule has 2 N–H and O–H groups in total. The van der Waals surface area contributed by atoms with Gasteiger partial charge in [0.2, 0.25) is 5.89 Å². The molecule has 2 heterocycles. The number of halogens is 1. The molecule has 1 saturated heterocycles. The Morgan fingerprint density at radius 3 is 2.83 bits per heavy atom. The molecule has 0 radical (unpaired) electrons. The molecule has 2 aromatic rings. The molecule has 156 valence electrons. The Hall–Kier alpha value is -2.55. The maximum atomic E-state index is 13.2. The summed E-state index contributed by atoms with van der Waals surface area (Å²) < 4.78 is 18.7. The van der Waals surface area contributed by atoms with Crippen molar-refractivity contribution in [3.63, 3.8) is 0 Å². The third-order valence-corrected chi connectivity index (χ3v) is 4.86. The quantitative estimate of drug-likeness (QED) is 0.628. The average molecular weight is 402 g/mol. The summed E-state index contributed by atoms with van der Waals surface area (Å²) in [4.78, 5) is 20.9. The van der Waals surface area contributed by atoms with Crippen LogP contribution in [0.1, 0.15) is 29.2 Å². The van der Waals surface area contributed by atoms with E-state index < -0.39 is 11.7 Å². The summed E-state index contributed by atoms with van der Waals surface area (Å²) >= 11 is 0. The first-order valence-electron chi connectivity index (χ1n) is 9.78. The molecule has 1 aromatic heterocycles. The van der Waals surface area contributed by atoms with Gasteiger partial charge in [-0.3, -0.25) is 14.6 Å². The van der Waals surface area contributed by atoms with Crippen molar-refractivity contribution in [3.05, 3.63) is 60.6 Å². The van der Waals surface area contributed by atoms with Crippen LogP contribution in [0.25, 0.3) is 0 Å². The monoisotopic (exact) mass is 402 g/mol. The zero-order chi connectivity index (χ0) is 20.6. The second-order valence-electron chi connectivity index (χ2n) is 7.19. The topological polar surface area (TPSA) is 81.8 Å². The number of nitrogens with zero attached hydrogens (tertiary/aromatic N) is 3. The van der Waals surface area contributed by atoms with Gasteiger partial charge in [-0.05, 0) is 31.0 Å². The number of benzene rings is 1. The molecule has 7 nitrogen and oxygen atoms in total. The summed E-state index contributed by atoms with van der Waals surface area (Å²) in [5.74, 6) is -0.395. The summed E-state index contributed by atoms with van der Waals surface area (Å²) in [6.45, 7) is 8.25. The fourth-order valence-corrected chi connectivity index (χ4v) is 3.27. The molecule has 8 heteroatoms. The lowest BCUT2D eigenvalue weighted by molar-refractivity contribution is 0.0642. The third kappa shape index (κ3) is 6.49. The van der Waals surface area contributed by atoms with Gasteiger partial charge in [0.15, 0.2) is 5.69 Å². The second-order valence-corrected chi connectivity index (χ2v) is 7.19. The minimum Gasteiger partial charge on any atom is -0.447 e. The van der Waals surface area contributed by atoms with Crippen molar-refractivity contribution < 1.29 is 18.7 Å². The van der Waals surface area contributed by atoms with Gasteiger partial charge in [-0.15, -0.1) is 6.58 Å². The van der Waals surface area contributed by atoms with Gasteiger partial charge >= 0.3 is 0 Å². The number of aliphatic hydroxyl groups excluding tert-OH is 1. The van der Waals surface area contributed by atoms with E-state index in [0.717, 1.165) is 39.0 Å². The molecule has 1 aromatic carbocycles. The number of allylic oxidation sites excluding steroid dienone is 1. The van der Waals surface area contributed by atoms with Crippen molar-refractivity contribution in [1.29, 1.82) is 0 Å². The summed E-state index contributed by atoms with van der Waals surface area (Å²) in [7, 11) is 0. The molecule has 0 aliphatic carbocycles. The van der Waals surface area contributed by atoms with E-state index in [4.69, 9.17) is 4.42 Å². The molecule has 1 aliphatic heterocycles. The van der Waals surface area contributed by atoms with Crippen molar-refractivity contribution in [3.8, 4) is 0 Å². The normalized spacial score (nSPS) is 16.5. The summed E-state index contributed by atoms with van der Waals surface area (Å²) in [5, 5.41) is 12.6. The van der Waals surface area contributed by atoms with Crippen molar-refractivity contribution in [2.75, 3.05) is 38.0 Å². The number of aliphatic hydroxyl groups is 1. The van der Waals surface area contributed by atoms with Crippen LogP contribution in [0.3, 0.4) is 0 Å². The summed E-state index contributed by atoms with van der Waals surface area (Å²) in [6, 6.07) is 5.69. The van der Waals surface area contributed by atoms with Gasteiger partial charge in [-0.1, -0.05) is 12.1 Å². The first-order chi connectivity index (χ1) is 14.0. The van der Waals surface area contributed by atoms with E-state index in [9.17, 15) is 14.3 Å². The van der Waals surface area contributed by atoms with Crippen molar-refractivity contribution in [2.24, 2.45) is 0 Å². The van der Waals surface area contributed by atoms with Crippen molar-refractivity contribution in [1.82, 2.24) is 14.8 Å². The number of oxazole rings is 1. The highest BCUT2D eigenvalue weighted by Gasteiger charge is 2.21. The number of hydrogen-bond donors (Lipinski definition) is 2. The molecule has 29 heavy (non-hydrogen) atoms. The van der Waals surface area contributed by atoms with Crippen LogP contribution >= 0.6 is 0 Å². The number of rotatable bonds is 9. The highest BCUT2D eigenvalue weighted by molar-refractivity contribution is 6.02. The van der Waals surface area contributed by atoms with Crippen LogP contribution in [0, 0.1) is 5.82 Å². The average Bonchev–Trinajstić information content (AvgIpc) is 3.16. The molecule has 1 aliphatic rings. The SMILES string of the molecule is C=CCC[C@H](O)CN1CCN(Cc2nc(C(=O)Nc3cccc(F)c3)co2)CC1. The Bertz CT molecular complexity index is 818. The Kier molecular flexibility index (Phi) is 7.51. The second kappa shape index (κ2) is 10.3. The van der Waals surface area contributed by atoms with Crippen molar-refractivity contribution >= 4 is 11.6 Å². The molecule has 1 atom stereocenters. The Morgan fingerprint density at radius 2 is 2.10 bits per heavy atom. The molecule has 1 amide bonds. The van der Waals surface area contributed by atoms with Gasteiger partial charge < -0.3 is 14.8 Å². The number of β-amino-alcohol motifs (C(OH)–C–C–N with tert-alkyl or cyclic N) is 1. The largest absolute Gasteiger partial charge is 0.447 e. The van der Waals surface area contributed by atoms with Crippen LogP contribution in [-0.2, 0) is 6.54 Å². The van der Waals surface area contributed by atoms with E-state index in [2.05, 4.69) is 26.7 Å². The molecule has 1 fully saturated rings. The molecule has 0 spiro atoms. The lowest BCUT2D eigenvalue weighted by Gasteiger charge is -2.34. The number of anilines is 1. The number of carbonyl (C=O) groups is 1. The van der Waals surface area contributed by atoms with E-state index in [-0.39, 0.29) is 11.8 Å². The van der Waals surface area contributed by atoms with Crippen LogP contribution in [0.4, 0.5) is 10.1 Å². The van der Waals surface area contributed by atoms with Crippen LogP contribution in [-0.4, -0.2) is 64.6 Å². The van der Waals surface area contributed by atoms with Gasteiger partial charge in [0.05, 0.1) is 12.6 Å². The van der Waals surface area contributed by atoms with E-state index in [1.54, 1.807) is 6.07 Å². The zero-order valence-electron chi connectivity index (χ0n) is 16.4. The van der Waals surface area contributed by atoms with Crippen LogP contribution in [0.2, 0.25) is 0 Å². The fourth-order valence-electron chi connectivity index (χ4n) is 3.27. The van der Waals surface area contributed by atoms with Crippen LogP contribution in [0.5, 0.6) is 0 Å². The van der Waals surface area contributed by atoms with Gasteiger partial charge in [-0.2, -0.15) is 0 Å². The lowest BCUT2D eigenvalue weighted by atomic mass is 10.1. The standard InChI is InChI=1S/C21H27FN4O3/c1-2-3-7-18(27)13-25-8-10-26(11-9-25)14-20-24-19(15-29-20)21(28)23-17-6-4-5-16(22)12-17/h2,4-6,12,15,18,27H,1,3,7-11,13-14H2,(H,23,28)/t18-/m0/s1. The number of amides is 1. The number of hydrogen-bond acceptors (Lipinski definition) is 6. The van der Waals surface area contributed by atoms with Gasteiger partial charge in [-0.25, -0.2) is 9.37 Å². The minimum atomic E-state index is -0.441. The first-order valence-corrected chi connectivity index (χ1v) is 9.78. The molecule has 0 unspecified atom stereocenters. The Labute approximate surface area is 169 Å². The fraction of sp³-hybridized carbons (Fsp3) is 0.429. The van der Waals surface area contributed by atoms with E-state index >= 15 is 0 Å². The third-order valence-electron chi connectivity index (χ3n) is 4.86. The molecule has 0 saturated carbocycles. The highest BCUT2D eigenvalue weighted by Crippen LogP contribution is 2.13. The minimum absolute atomic E-state index is 0.160. The van der Waals surface area contributed by atoms with Crippen molar-refractivity contribution in [2.45, 2.75) is 25.5 Å². The highest BCUT2D eigenvalue weighted by atomic mass is 19.1. The van der Waals surface area contributed by atoms with Crippen LogP contribution < -0.4 is 5.32 Å².